The van der Waals surface area contributed by atoms with E-state index in [4.69, 9.17) is 11.6 Å². The summed E-state index contributed by atoms with van der Waals surface area (Å²) in [5, 5.41) is 10.6. The molecule has 22 nitrogen and oxygen atoms in total. The van der Waals surface area contributed by atoms with Crippen LogP contribution in [0.4, 0.5) is 13.2 Å². The molecular weight excluding hydrogens is 1220 g/mol. The van der Waals surface area contributed by atoms with Gasteiger partial charge in [0.2, 0.25) is 65.0 Å². The normalized spacial score (nSPS) is 32.1. The Morgan fingerprint density at radius 1 is 0.587 bits per heavy atom. The van der Waals surface area contributed by atoms with E-state index < -0.39 is 155 Å². The first-order valence-electron chi connectivity index (χ1n) is 34.1. The standard InChI is InChI=1S/C66H105ClF3N11O11/c1-38(2)33-50-56(84)73-54(44-21-17-22-44)63(91)76(8)41(6)59(87)81-32-28-49(81)62(90)78(10)51(36-42-19-13-12-14-20-42)61(89)75(7)37-52(82)72-47(27-25-43-24-26-45(46(67)35-43)66(68,69)70)60(88)80-31-18-23-48(80)57(85)74-65(29-15-16-30-65)64(92)79(11)55(39(3)4)58(86)71-40(5)34-53(83)77(50)9/h38-51,54-55H,12-37H2,1-11H3,(H,71,86)(H,72,82)(H,73,84)(H,74,85)/t40-,41+,43?,45?,46?,47+,48+,49+,50+,51+,54+,55+/m1/s1. The molecule has 92 heavy (non-hydrogen) atoms. The fourth-order valence-electron chi connectivity index (χ4n) is 15.4. The summed E-state index contributed by atoms with van der Waals surface area (Å²) in [5.74, 6) is -8.97. The van der Waals surface area contributed by atoms with Crippen LogP contribution in [0, 0.1) is 35.5 Å². The van der Waals surface area contributed by atoms with Crippen molar-refractivity contribution in [3.05, 3.63) is 0 Å². The van der Waals surface area contributed by atoms with E-state index in [1.807, 2.05) is 13.8 Å². The molecule has 518 valence electrons. The molecule has 7 fully saturated rings. The van der Waals surface area contributed by atoms with E-state index in [1.54, 1.807) is 27.7 Å². The fourth-order valence-corrected chi connectivity index (χ4v) is 15.9. The molecule has 3 heterocycles. The molecule has 4 saturated carbocycles. The van der Waals surface area contributed by atoms with Gasteiger partial charge in [0.25, 0.3) is 0 Å². The van der Waals surface area contributed by atoms with Gasteiger partial charge in [0.1, 0.15) is 53.9 Å². The Labute approximate surface area is 547 Å². The van der Waals surface area contributed by atoms with Crippen molar-refractivity contribution in [3.8, 4) is 0 Å². The molecule has 0 aromatic rings. The zero-order valence-corrected chi connectivity index (χ0v) is 57.0. The topological polar surface area (TPSA) is 259 Å². The number of rotatable bonds is 9. The number of carbonyl (C=O) groups is 11. The molecule has 4 aliphatic carbocycles. The first kappa shape index (κ1) is 73.7. The van der Waals surface area contributed by atoms with Crippen LogP contribution in [0.1, 0.15) is 189 Å². The van der Waals surface area contributed by atoms with Crippen LogP contribution < -0.4 is 21.3 Å². The lowest BCUT2D eigenvalue weighted by molar-refractivity contribution is -0.182. The maximum absolute atomic E-state index is 15.1. The second-order valence-electron chi connectivity index (χ2n) is 28.9. The molecule has 3 aliphatic heterocycles. The molecule has 0 radical (unpaired) electrons. The highest BCUT2D eigenvalue weighted by molar-refractivity contribution is 6.20. The van der Waals surface area contributed by atoms with Crippen molar-refractivity contribution < 1.29 is 65.9 Å². The first-order chi connectivity index (χ1) is 43.3. The van der Waals surface area contributed by atoms with Crippen LogP contribution in [0.5, 0.6) is 0 Å². The lowest BCUT2D eigenvalue weighted by atomic mass is 9.78. The third-order valence-corrected chi connectivity index (χ3v) is 21.9. The quantitative estimate of drug-likeness (QED) is 0.209. The van der Waals surface area contributed by atoms with Gasteiger partial charge in [0.15, 0.2) is 0 Å². The molecule has 12 atom stereocenters. The maximum Gasteiger partial charge on any atom is 0.393 e. The number of halogens is 4. The van der Waals surface area contributed by atoms with Crippen molar-refractivity contribution in [1.82, 2.24) is 55.6 Å². The average Bonchev–Trinajstić information content (AvgIpc) is 1.60. The number of nitrogens with zero attached hydrogens (tertiary/aromatic N) is 7. The van der Waals surface area contributed by atoms with Gasteiger partial charge in [-0.25, -0.2) is 0 Å². The van der Waals surface area contributed by atoms with E-state index in [0.717, 1.165) is 38.5 Å². The summed E-state index contributed by atoms with van der Waals surface area (Å²) in [4.78, 5) is 171. The van der Waals surface area contributed by atoms with Crippen LogP contribution in [-0.4, -0.2) is 226 Å². The van der Waals surface area contributed by atoms with Crippen molar-refractivity contribution in [1.29, 1.82) is 0 Å². The van der Waals surface area contributed by atoms with Gasteiger partial charge in [-0.15, -0.1) is 11.6 Å². The van der Waals surface area contributed by atoms with E-state index in [9.17, 15) is 56.3 Å². The van der Waals surface area contributed by atoms with Crippen molar-refractivity contribution in [3.63, 3.8) is 0 Å². The third kappa shape index (κ3) is 17.4. The Kier molecular flexibility index (Phi) is 25.3. The fraction of sp³-hybridized carbons (Fsp3) is 0.833. The zero-order chi connectivity index (χ0) is 67.8. The lowest BCUT2D eigenvalue weighted by Crippen LogP contribution is -2.65. The minimum absolute atomic E-state index is 0.0184. The molecule has 3 unspecified atom stereocenters. The van der Waals surface area contributed by atoms with Crippen LogP contribution in [0.2, 0.25) is 0 Å². The number of carbonyl (C=O) groups excluding carboxylic acids is 11. The Morgan fingerprint density at radius 2 is 1.24 bits per heavy atom. The number of hydrogen-bond acceptors (Lipinski definition) is 11. The molecule has 7 rings (SSSR count). The first-order valence-corrected chi connectivity index (χ1v) is 34.5. The predicted molar refractivity (Wildman–Crippen MR) is 338 cm³/mol. The van der Waals surface area contributed by atoms with Gasteiger partial charge in [-0.1, -0.05) is 79.1 Å². The second-order valence-corrected chi connectivity index (χ2v) is 29.5. The molecular formula is C66H105ClF3N11O11. The summed E-state index contributed by atoms with van der Waals surface area (Å²) >= 11 is 6.38. The van der Waals surface area contributed by atoms with Crippen LogP contribution in [0.25, 0.3) is 0 Å². The zero-order valence-electron chi connectivity index (χ0n) is 56.3. The van der Waals surface area contributed by atoms with E-state index in [0.29, 0.717) is 32.1 Å². The summed E-state index contributed by atoms with van der Waals surface area (Å²) in [6.45, 7) is 10.3. The highest BCUT2D eigenvalue weighted by Gasteiger charge is 2.52. The van der Waals surface area contributed by atoms with Gasteiger partial charge < -0.3 is 55.6 Å². The second kappa shape index (κ2) is 31.7. The number of hydrogen-bond donors (Lipinski definition) is 4. The Bertz CT molecular complexity index is 2690. The van der Waals surface area contributed by atoms with Gasteiger partial charge in [-0.3, -0.25) is 52.7 Å². The van der Waals surface area contributed by atoms with Crippen molar-refractivity contribution in [2.24, 2.45) is 35.5 Å². The molecule has 11 amide bonds. The number of alkyl halides is 4. The Balaban J connectivity index is 1.21. The maximum atomic E-state index is 15.1. The molecule has 1 spiro atoms. The smallest absolute Gasteiger partial charge is 0.351 e. The van der Waals surface area contributed by atoms with Crippen molar-refractivity contribution in [2.75, 3.05) is 54.9 Å². The number of nitrogens with one attached hydrogen (secondary N) is 4. The van der Waals surface area contributed by atoms with E-state index in [1.165, 1.54) is 69.5 Å². The van der Waals surface area contributed by atoms with Crippen LogP contribution in [0.3, 0.4) is 0 Å². The van der Waals surface area contributed by atoms with E-state index in [2.05, 4.69) is 21.3 Å². The minimum atomic E-state index is -4.49. The predicted octanol–water partition coefficient (Wildman–Crippen LogP) is 5.51. The lowest BCUT2D eigenvalue weighted by Gasteiger charge is -2.45. The third-order valence-electron chi connectivity index (χ3n) is 21.4. The molecule has 0 aromatic heterocycles. The van der Waals surface area contributed by atoms with Gasteiger partial charge in [0, 0.05) is 66.2 Å². The van der Waals surface area contributed by atoms with Gasteiger partial charge in [0.05, 0.1) is 12.5 Å². The van der Waals surface area contributed by atoms with Crippen molar-refractivity contribution in [2.45, 2.75) is 261 Å². The largest absolute Gasteiger partial charge is 0.393 e. The molecule has 26 heteroatoms. The van der Waals surface area contributed by atoms with E-state index >= 15 is 9.59 Å². The van der Waals surface area contributed by atoms with Crippen LogP contribution in [0.15, 0.2) is 0 Å². The average molecular weight is 1320 g/mol. The molecule has 4 N–H and O–H groups in total. The number of amides is 11. The molecule has 0 bridgehead atoms. The van der Waals surface area contributed by atoms with Gasteiger partial charge in [-0.2, -0.15) is 13.2 Å². The van der Waals surface area contributed by atoms with Crippen LogP contribution >= 0.6 is 11.6 Å². The van der Waals surface area contributed by atoms with Gasteiger partial charge in [-0.05, 0) is 133 Å². The SMILES string of the molecule is CC(C)C[C@H]1C(=O)N[C@@H](C2CCC2)C(=O)N(C)[C@@H](C)C(=O)N2CC[C@H]2C(=O)N(C)[C@@H](CC2CCCCC2)C(=O)N(C)CC(=O)N[C@@H](CCC2CCC(C(F)(F)F)C(Cl)C2)C(=O)N2CCC[C@H]2C(=O)NC2(CCCC2)C(=O)N(C)[C@@H](C(C)C)C(=O)N[C@H](C)CC(=O)N1C. The van der Waals surface area contributed by atoms with Gasteiger partial charge >= 0.3 is 6.18 Å². The highest BCUT2D eigenvalue weighted by Crippen LogP contribution is 2.44. The molecule has 7 aliphatic rings. The Morgan fingerprint density at radius 3 is 1.82 bits per heavy atom. The summed E-state index contributed by atoms with van der Waals surface area (Å²) in [6, 6.07) is -9.51. The van der Waals surface area contributed by atoms with Crippen molar-refractivity contribution >= 4 is 76.6 Å². The summed E-state index contributed by atoms with van der Waals surface area (Å²) < 4.78 is 41.8. The summed E-state index contributed by atoms with van der Waals surface area (Å²) in [7, 11) is 7.41. The molecule has 0 aromatic carbocycles. The highest BCUT2D eigenvalue weighted by atomic mass is 35.5. The monoisotopic (exact) mass is 1320 g/mol. The number of likely N-dealkylation sites (N-methyl/N-ethyl adjacent to an activating group) is 5. The van der Waals surface area contributed by atoms with E-state index in [-0.39, 0.29) is 114 Å². The van der Waals surface area contributed by atoms with Crippen LogP contribution in [-0.2, 0) is 52.7 Å². The molecule has 3 saturated heterocycles. The Hall–Kier alpha value is -5.75. The summed E-state index contributed by atoms with van der Waals surface area (Å²) in [6.07, 6.45) is 4.94. The summed E-state index contributed by atoms with van der Waals surface area (Å²) in [5.41, 5.74) is -1.47. The number of fused-ring (bicyclic) bond motifs is 2. The minimum Gasteiger partial charge on any atom is -0.351 e.